The van der Waals surface area contributed by atoms with E-state index in [1.807, 2.05) is 36.4 Å². The maximum absolute atomic E-state index is 5.14. The van der Waals surface area contributed by atoms with Gasteiger partial charge in [0.25, 0.3) is 0 Å². The van der Waals surface area contributed by atoms with E-state index >= 15 is 0 Å². The second-order valence-corrected chi connectivity index (χ2v) is 5.56. The Balaban J connectivity index is 0.000000121. The minimum absolute atomic E-state index is 0.351. The monoisotopic (exact) mass is 308 g/mol. The van der Waals surface area contributed by atoms with Gasteiger partial charge in [-0.05, 0) is 34.9 Å². The number of hydrogen-bond acceptors (Lipinski definition) is 4. The molecule has 0 bridgehead atoms. The third-order valence-corrected chi connectivity index (χ3v) is 3.51. The fourth-order valence-electron chi connectivity index (χ4n) is 1.83. The summed E-state index contributed by atoms with van der Waals surface area (Å²) in [5.74, 6) is 3.36. The molecule has 2 unspecified atom stereocenters. The van der Waals surface area contributed by atoms with E-state index in [1.165, 1.54) is 0 Å². The van der Waals surface area contributed by atoms with Crippen molar-refractivity contribution in [2.75, 3.05) is 13.6 Å². The van der Waals surface area contributed by atoms with Gasteiger partial charge in [-0.1, -0.05) is 12.1 Å². The summed E-state index contributed by atoms with van der Waals surface area (Å²) in [6.07, 6.45) is 0. The van der Waals surface area contributed by atoms with E-state index in [9.17, 15) is 0 Å². The Bertz CT molecular complexity index is 575. The molecule has 104 valence electrons. The number of fused-ring (bicyclic) bond motifs is 2. The number of benzene rings is 2. The summed E-state index contributed by atoms with van der Waals surface area (Å²) < 4.78 is 20.5. The predicted octanol–water partition coefficient (Wildman–Crippen LogP) is 1.83. The van der Waals surface area contributed by atoms with Crippen molar-refractivity contribution in [3.63, 3.8) is 0 Å². The summed E-state index contributed by atoms with van der Waals surface area (Å²) in [7, 11) is 5.21. The van der Waals surface area contributed by atoms with Gasteiger partial charge in [0.1, 0.15) is 0 Å². The lowest BCUT2D eigenvalue weighted by Crippen LogP contribution is -1.93. The van der Waals surface area contributed by atoms with E-state index in [1.54, 1.807) is 0 Å². The zero-order valence-corrected chi connectivity index (χ0v) is 13.0. The van der Waals surface area contributed by atoms with Crippen molar-refractivity contribution in [1.82, 2.24) is 0 Å². The summed E-state index contributed by atoms with van der Waals surface area (Å²) >= 11 is 0. The van der Waals surface area contributed by atoms with E-state index < -0.39 is 0 Å². The molecule has 0 radical (unpaired) electrons. The first-order valence-electron chi connectivity index (χ1n) is 6.02. The van der Waals surface area contributed by atoms with Gasteiger partial charge in [-0.3, -0.25) is 0 Å². The minimum Gasteiger partial charge on any atom is -0.454 e. The predicted molar refractivity (Wildman–Crippen MR) is 83.8 cm³/mol. The van der Waals surface area contributed by atoms with Crippen molar-refractivity contribution in [2.24, 2.45) is 0 Å². The SMILES string of the molecule is Pc1ccc2c(c1)OCO2.Pc1ccc2c(c1)OCO2. The number of ether oxygens (including phenoxy) is 4. The molecule has 2 aromatic rings. The third-order valence-electron chi connectivity index (χ3n) is 2.79. The van der Waals surface area contributed by atoms with Gasteiger partial charge >= 0.3 is 0 Å². The Morgan fingerprint density at radius 3 is 1.45 bits per heavy atom. The quantitative estimate of drug-likeness (QED) is 0.696. The van der Waals surface area contributed by atoms with E-state index in [2.05, 4.69) is 18.5 Å². The highest BCUT2D eigenvalue weighted by Crippen LogP contribution is 2.31. The smallest absolute Gasteiger partial charge is 0.231 e. The highest BCUT2D eigenvalue weighted by atomic mass is 31.0. The first-order chi connectivity index (χ1) is 9.72. The molecule has 0 saturated heterocycles. The average molecular weight is 308 g/mol. The highest BCUT2D eigenvalue weighted by Gasteiger charge is 2.12. The molecule has 2 aromatic carbocycles. The summed E-state index contributed by atoms with van der Waals surface area (Å²) in [6, 6.07) is 11.6. The summed E-state index contributed by atoms with van der Waals surface area (Å²) in [6.45, 7) is 0.701. The van der Waals surface area contributed by atoms with E-state index in [4.69, 9.17) is 18.9 Å². The Kier molecular flexibility index (Phi) is 3.95. The first-order valence-corrected chi connectivity index (χ1v) is 7.18. The molecule has 2 aliphatic heterocycles. The van der Waals surface area contributed by atoms with Gasteiger partial charge in [0.05, 0.1) is 0 Å². The normalized spacial score (nSPS) is 13.7. The Labute approximate surface area is 121 Å². The van der Waals surface area contributed by atoms with Crippen LogP contribution in [0.4, 0.5) is 0 Å². The molecule has 20 heavy (non-hydrogen) atoms. The van der Waals surface area contributed by atoms with Crippen molar-refractivity contribution in [3.05, 3.63) is 36.4 Å². The van der Waals surface area contributed by atoms with Gasteiger partial charge in [-0.25, -0.2) is 0 Å². The zero-order valence-electron chi connectivity index (χ0n) is 10.7. The second-order valence-electron chi connectivity index (χ2n) is 4.23. The number of rotatable bonds is 0. The van der Waals surface area contributed by atoms with Crippen LogP contribution in [-0.2, 0) is 0 Å². The molecule has 2 atom stereocenters. The molecule has 4 nitrogen and oxygen atoms in total. The molecule has 0 N–H and O–H groups in total. The Morgan fingerprint density at radius 2 is 1.00 bits per heavy atom. The van der Waals surface area contributed by atoms with Gasteiger partial charge in [-0.15, -0.1) is 18.5 Å². The van der Waals surface area contributed by atoms with Crippen LogP contribution in [0, 0.1) is 0 Å². The van der Waals surface area contributed by atoms with Crippen LogP contribution >= 0.6 is 18.5 Å². The molecule has 0 amide bonds. The first kappa shape index (κ1) is 13.5. The summed E-state index contributed by atoms with van der Waals surface area (Å²) in [4.78, 5) is 0. The standard InChI is InChI=1S/2C7H7O2P/c2*10-5-1-2-6-7(3-5)9-4-8-6/h2*1-3H,4,10H2. The Hall–Kier alpha value is -1.50. The van der Waals surface area contributed by atoms with Gasteiger partial charge in [0.2, 0.25) is 13.6 Å². The average Bonchev–Trinajstić information content (AvgIpc) is 3.06. The van der Waals surface area contributed by atoms with Crippen LogP contribution in [0.2, 0.25) is 0 Å². The van der Waals surface area contributed by atoms with E-state index in [0.717, 1.165) is 33.6 Å². The highest BCUT2D eigenvalue weighted by molar-refractivity contribution is 7.27. The van der Waals surface area contributed by atoms with Crippen LogP contribution in [0.25, 0.3) is 0 Å². The summed E-state index contributed by atoms with van der Waals surface area (Å²) in [5.41, 5.74) is 0. The van der Waals surface area contributed by atoms with Crippen LogP contribution in [-0.4, -0.2) is 13.6 Å². The van der Waals surface area contributed by atoms with Crippen molar-refractivity contribution in [1.29, 1.82) is 0 Å². The fourth-order valence-corrected chi connectivity index (χ4v) is 2.32. The minimum atomic E-state index is 0.351. The lowest BCUT2D eigenvalue weighted by Gasteiger charge is -1.94. The van der Waals surface area contributed by atoms with Crippen molar-refractivity contribution in [3.8, 4) is 23.0 Å². The summed E-state index contributed by atoms with van der Waals surface area (Å²) in [5, 5.41) is 2.23. The van der Waals surface area contributed by atoms with E-state index in [-0.39, 0.29) is 0 Å². The topological polar surface area (TPSA) is 36.9 Å². The van der Waals surface area contributed by atoms with Crippen LogP contribution < -0.4 is 29.6 Å². The lowest BCUT2D eigenvalue weighted by molar-refractivity contribution is 0.173. The fraction of sp³-hybridized carbons (Fsp3) is 0.143. The largest absolute Gasteiger partial charge is 0.454 e. The van der Waals surface area contributed by atoms with Crippen LogP contribution in [0.3, 0.4) is 0 Å². The third kappa shape index (κ3) is 2.98. The van der Waals surface area contributed by atoms with Crippen molar-refractivity contribution in [2.45, 2.75) is 0 Å². The molecule has 6 heteroatoms. The van der Waals surface area contributed by atoms with Gasteiger partial charge in [-0.2, -0.15) is 0 Å². The van der Waals surface area contributed by atoms with E-state index in [0.29, 0.717) is 13.6 Å². The van der Waals surface area contributed by atoms with Gasteiger partial charge in [0, 0.05) is 0 Å². The van der Waals surface area contributed by atoms with Crippen molar-refractivity contribution >= 4 is 29.1 Å². The molecule has 0 fully saturated rings. The van der Waals surface area contributed by atoms with Crippen LogP contribution in [0.15, 0.2) is 36.4 Å². The number of hydrogen-bond donors (Lipinski definition) is 0. The molecule has 0 aliphatic carbocycles. The molecular weight excluding hydrogens is 294 g/mol. The molecule has 2 heterocycles. The van der Waals surface area contributed by atoms with Crippen LogP contribution in [0.1, 0.15) is 0 Å². The van der Waals surface area contributed by atoms with Crippen LogP contribution in [0.5, 0.6) is 23.0 Å². The molecule has 0 saturated carbocycles. The van der Waals surface area contributed by atoms with Gasteiger partial charge < -0.3 is 18.9 Å². The molecule has 0 spiro atoms. The maximum Gasteiger partial charge on any atom is 0.231 e. The molecule has 2 aliphatic rings. The molecule has 4 rings (SSSR count). The maximum atomic E-state index is 5.14. The second kappa shape index (κ2) is 5.87. The molecule has 0 aromatic heterocycles. The molecular formula is C14H14O4P2. The zero-order chi connectivity index (χ0) is 13.9. The lowest BCUT2D eigenvalue weighted by atomic mass is 10.3. The van der Waals surface area contributed by atoms with Gasteiger partial charge in [0.15, 0.2) is 23.0 Å². The van der Waals surface area contributed by atoms with Crippen molar-refractivity contribution < 1.29 is 18.9 Å². The Morgan fingerprint density at radius 1 is 0.600 bits per heavy atom.